The molecule has 0 bridgehead atoms. The number of hydrogen-bond donors (Lipinski definition) is 1. The summed E-state index contributed by atoms with van der Waals surface area (Å²) in [5.74, 6) is -0.868. The number of fused-ring (bicyclic) bond motifs is 1. The molecule has 0 spiro atoms. The largest absolute Gasteiger partial charge is 0.378 e. The Morgan fingerprint density at radius 2 is 1.92 bits per heavy atom. The predicted molar refractivity (Wildman–Crippen MR) is 148 cm³/mol. The summed E-state index contributed by atoms with van der Waals surface area (Å²) < 4.78 is 7.17. The lowest BCUT2D eigenvalue weighted by molar-refractivity contribution is -0.139. The molecule has 2 aromatic heterocycles. The molecule has 0 unspecified atom stereocenters. The fraction of sp³-hybridized carbons (Fsp3) is 0.333. The fourth-order valence-corrected chi connectivity index (χ4v) is 6.10. The molecule has 2 saturated heterocycles. The third kappa shape index (κ3) is 5.54. The highest BCUT2D eigenvalue weighted by molar-refractivity contribution is 8.18. The molecule has 9 nitrogen and oxygen atoms in total. The Kier molecular flexibility index (Phi) is 7.96. The van der Waals surface area contributed by atoms with Crippen molar-refractivity contribution in [2.45, 2.75) is 26.4 Å². The summed E-state index contributed by atoms with van der Waals surface area (Å²) in [6, 6.07) is 9.85. The Morgan fingerprint density at radius 1 is 1.11 bits per heavy atom. The maximum absolute atomic E-state index is 13.1. The van der Waals surface area contributed by atoms with Crippen molar-refractivity contribution in [3.05, 3.63) is 62.8 Å². The minimum absolute atomic E-state index is 0.116. The van der Waals surface area contributed by atoms with Gasteiger partial charge in [-0.1, -0.05) is 31.2 Å². The smallest absolute Gasteiger partial charge is 0.294 e. The van der Waals surface area contributed by atoms with E-state index in [9.17, 15) is 19.2 Å². The van der Waals surface area contributed by atoms with Crippen molar-refractivity contribution < 1.29 is 23.9 Å². The number of imide groups is 1. The van der Waals surface area contributed by atoms with E-state index in [4.69, 9.17) is 4.74 Å². The zero-order valence-corrected chi connectivity index (χ0v) is 22.6. The van der Waals surface area contributed by atoms with Crippen LogP contribution in [-0.2, 0) is 38.6 Å². The predicted octanol–water partition coefficient (Wildman–Crippen LogP) is 3.48. The summed E-state index contributed by atoms with van der Waals surface area (Å²) in [4.78, 5) is 55.2. The van der Waals surface area contributed by atoms with Crippen molar-refractivity contribution in [3.8, 4) is 0 Å². The van der Waals surface area contributed by atoms with Gasteiger partial charge in [0.1, 0.15) is 13.1 Å². The van der Waals surface area contributed by atoms with Crippen LogP contribution in [0.1, 0.15) is 22.9 Å². The Hall–Kier alpha value is -3.41. The number of amides is 4. The van der Waals surface area contributed by atoms with E-state index in [0.29, 0.717) is 32.8 Å². The number of thioether (sulfide) groups is 1. The summed E-state index contributed by atoms with van der Waals surface area (Å²) in [6.45, 7) is 4.17. The van der Waals surface area contributed by atoms with E-state index in [2.05, 4.69) is 12.2 Å². The third-order valence-corrected chi connectivity index (χ3v) is 8.35. The van der Waals surface area contributed by atoms with E-state index in [1.165, 1.54) is 0 Å². The molecule has 2 aliphatic rings. The molecular formula is C27H28N4O5S2. The molecule has 11 heteroatoms. The summed E-state index contributed by atoms with van der Waals surface area (Å²) >= 11 is 2.42. The van der Waals surface area contributed by atoms with Crippen molar-refractivity contribution in [3.63, 3.8) is 0 Å². The lowest BCUT2D eigenvalue weighted by Gasteiger charge is -2.28. The van der Waals surface area contributed by atoms with Crippen LogP contribution in [0.25, 0.3) is 17.0 Å². The maximum Gasteiger partial charge on any atom is 0.294 e. The van der Waals surface area contributed by atoms with Gasteiger partial charge in [0.2, 0.25) is 11.8 Å². The Morgan fingerprint density at radius 3 is 2.66 bits per heavy atom. The second kappa shape index (κ2) is 11.5. The van der Waals surface area contributed by atoms with Crippen LogP contribution in [0.2, 0.25) is 0 Å². The Labute approximate surface area is 228 Å². The topological polar surface area (TPSA) is 101 Å². The minimum atomic E-state index is -0.483. The molecule has 38 heavy (non-hydrogen) atoms. The third-order valence-electron chi connectivity index (χ3n) is 6.56. The van der Waals surface area contributed by atoms with Crippen molar-refractivity contribution in [2.24, 2.45) is 0 Å². The van der Waals surface area contributed by atoms with E-state index in [1.54, 1.807) is 22.3 Å². The average molecular weight is 553 g/mol. The molecule has 0 aliphatic carbocycles. The summed E-state index contributed by atoms with van der Waals surface area (Å²) in [5, 5.41) is 5.37. The summed E-state index contributed by atoms with van der Waals surface area (Å²) in [5.41, 5.74) is 2.75. The second-order valence-electron chi connectivity index (χ2n) is 9.00. The number of nitrogens with zero attached hydrogens (tertiary/aromatic N) is 3. The van der Waals surface area contributed by atoms with Crippen LogP contribution in [-0.4, -0.2) is 70.2 Å². The van der Waals surface area contributed by atoms with Crippen LogP contribution in [0, 0.1) is 0 Å². The normalized spacial score (nSPS) is 17.1. The second-order valence-corrected chi connectivity index (χ2v) is 11.0. The van der Waals surface area contributed by atoms with Crippen molar-refractivity contribution >= 4 is 63.0 Å². The first-order valence-corrected chi connectivity index (χ1v) is 14.1. The van der Waals surface area contributed by atoms with Crippen LogP contribution in [0.15, 0.2) is 46.8 Å². The monoisotopic (exact) mass is 552 g/mol. The molecule has 4 amide bonds. The Balaban J connectivity index is 1.37. The minimum Gasteiger partial charge on any atom is -0.378 e. The van der Waals surface area contributed by atoms with Gasteiger partial charge in [-0.25, -0.2) is 0 Å². The van der Waals surface area contributed by atoms with Gasteiger partial charge in [0.15, 0.2) is 0 Å². The standard InChI is InChI=1S/C27H28N4O5S2/c1-2-18-5-3-7-21-19(15-30(25(18)21)16-23(32)28-14-20-6-4-12-37-20)13-22-26(34)31(27(35)38-22)17-24(33)29-8-10-36-11-9-29/h3-7,12-13,15H,2,8-11,14,16-17H2,1H3,(H,28,32)/b22-13-. The van der Waals surface area contributed by atoms with Crippen molar-refractivity contribution in [2.75, 3.05) is 32.8 Å². The molecule has 0 saturated carbocycles. The Bertz CT molecular complexity index is 1410. The highest BCUT2D eigenvalue weighted by Crippen LogP contribution is 2.35. The highest BCUT2D eigenvalue weighted by Gasteiger charge is 2.37. The quantitative estimate of drug-likeness (QED) is 0.430. The molecule has 5 rings (SSSR count). The number of carbonyl (C=O) groups is 4. The van der Waals surface area contributed by atoms with Gasteiger partial charge in [0.25, 0.3) is 11.1 Å². The van der Waals surface area contributed by atoms with Crippen molar-refractivity contribution in [1.82, 2.24) is 19.7 Å². The van der Waals surface area contributed by atoms with Crippen LogP contribution < -0.4 is 5.32 Å². The zero-order chi connectivity index (χ0) is 26.6. The number of aryl methyl sites for hydroxylation is 1. The number of aromatic nitrogens is 1. The van der Waals surface area contributed by atoms with Gasteiger partial charge in [0.05, 0.1) is 30.2 Å². The number of nitrogens with one attached hydrogen (secondary N) is 1. The molecule has 1 aromatic carbocycles. The molecule has 2 fully saturated rings. The molecular weight excluding hydrogens is 524 g/mol. The van der Waals surface area contributed by atoms with Crippen molar-refractivity contribution in [1.29, 1.82) is 0 Å². The van der Waals surface area contributed by atoms with Gasteiger partial charge in [-0.3, -0.25) is 24.1 Å². The number of para-hydroxylation sites is 1. The number of carbonyl (C=O) groups excluding carboxylic acids is 4. The van der Waals surface area contributed by atoms with E-state index < -0.39 is 11.1 Å². The summed E-state index contributed by atoms with van der Waals surface area (Å²) in [6.07, 6.45) is 4.31. The average Bonchev–Trinajstić information content (AvgIpc) is 3.64. The molecule has 2 aliphatic heterocycles. The SMILES string of the molecule is CCc1cccc2c(/C=C3\SC(=O)N(CC(=O)N4CCOCC4)C3=O)cn(CC(=O)NCc3cccs3)c12. The molecule has 0 atom stereocenters. The van der Waals surface area contributed by atoms with E-state index in [1.807, 2.05) is 46.5 Å². The van der Waals surface area contributed by atoms with Gasteiger partial charge < -0.3 is 19.5 Å². The lowest BCUT2D eigenvalue weighted by atomic mass is 10.1. The number of benzene rings is 1. The van der Waals surface area contributed by atoms with Gasteiger partial charge in [-0.15, -0.1) is 11.3 Å². The highest BCUT2D eigenvalue weighted by atomic mass is 32.2. The van der Waals surface area contributed by atoms with Crippen LogP contribution in [0.4, 0.5) is 4.79 Å². The van der Waals surface area contributed by atoms with Gasteiger partial charge in [0, 0.05) is 35.1 Å². The summed E-state index contributed by atoms with van der Waals surface area (Å²) in [7, 11) is 0. The number of thiophene rings is 1. The molecule has 198 valence electrons. The van der Waals surface area contributed by atoms with Crippen LogP contribution >= 0.6 is 23.1 Å². The molecule has 1 N–H and O–H groups in total. The van der Waals surface area contributed by atoms with Gasteiger partial charge in [-0.05, 0) is 41.3 Å². The first kappa shape index (κ1) is 26.2. The number of ether oxygens (including phenoxy) is 1. The first-order valence-electron chi connectivity index (χ1n) is 12.4. The van der Waals surface area contributed by atoms with Gasteiger partial charge >= 0.3 is 0 Å². The number of rotatable bonds is 8. The van der Waals surface area contributed by atoms with E-state index in [-0.39, 0.29) is 29.8 Å². The lowest BCUT2D eigenvalue weighted by Crippen LogP contribution is -2.46. The van der Waals surface area contributed by atoms with Gasteiger partial charge in [-0.2, -0.15) is 0 Å². The number of hydrogen-bond acceptors (Lipinski definition) is 7. The molecule has 4 heterocycles. The molecule has 3 aromatic rings. The van der Waals surface area contributed by atoms with E-state index >= 15 is 0 Å². The van der Waals surface area contributed by atoms with Crippen LogP contribution in [0.5, 0.6) is 0 Å². The fourth-order valence-electron chi connectivity index (χ4n) is 4.63. The maximum atomic E-state index is 13.1. The van der Waals surface area contributed by atoms with E-state index in [0.717, 1.165) is 50.0 Å². The zero-order valence-electron chi connectivity index (χ0n) is 21.0. The first-order chi connectivity index (χ1) is 18.4. The van der Waals surface area contributed by atoms with Crippen LogP contribution in [0.3, 0.4) is 0 Å². The number of morpholine rings is 1. The molecule has 0 radical (unpaired) electrons.